The first-order valence-corrected chi connectivity index (χ1v) is 8.68. The molecule has 2 heterocycles. The first-order chi connectivity index (χ1) is 11.5. The fraction of sp³-hybridized carbons (Fsp3) is 0.632. The largest absolute Gasteiger partial charge is 0.484 e. The number of nitrogens with zero attached hydrogens (tertiary/aromatic N) is 2. The van der Waals surface area contributed by atoms with Gasteiger partial charge in [-0.15, -0.1) is 0 Å². The van der Waals surface area contributed by atoms with Crippen LogP contribution in [0, 0.1) is 18.3 Å². The van der Waals surface area contributed by atoms with E-state index in [4.69, 9.17) is 9.47 Å². The van der Waals surface area contributed by atoms with Gasteiger partial charge in [0.05, 0.1) is 6.61 Å². The van der Waals surface area contributed by atoms with Crippen molar-refractivity contribution in [1.82, 2.24) is 9.80 Å². The van der Waals surface area contributed by atoms with Gasteiger partial charge in [-0.3, -0.25) is 4.79 Å². The fourth-order valence-electron chi connectivity index (χ4n) is 4.25. The summed E-state index contributed by atoms with van der Waals surface area (Å²) in [5.74, 6) is 1.38. The van der Waals surface area contributed by atoms with Crippen LogP contribution in [0.3, 0.4) is 0 Å². The number of para-hydroxylation sites is 1. The van der Waals surface area contributed by atoms with E-state index in [1.165, 1.54) is 0 Å². The second kappa shape index (κ2) is 7.11. The normalized spacial score (nSPS) is 27.1. The third-order valence-corrected chi connectivity index (χ3v) is 5.53. The highest BCUT2D eigenvalue weighted by atomic mass is 16.5. The molecule has 1 amide bonds. The Hall–Kier alpha value is -1.59. The smallest absolute Gasteiger partial charge is 0.260 e. The fourth-order valence-corrected chi connectivity index (χ4v) is 4.25. The standard InChI is InChI=1S/C19H28N2O3/c1-15-6-4-5-7-17(15)24-12-18(22)21-9-8-19(14-21)13-20(2)10-16(19)11-23-3/h4-7,16H,8-14H2,1-3H3/t16-,19-/m1/s1. The molecule has 2 aliphatic rings. The van der Waals surface area contributed by atoms with Gasteiger partial charge < -0.3 is 19.3 Å². The summed E-state index contributed by atoms with van der Waals surface area (Å²) in [5.41, 5.74) is 1.24. The number of amides is 1. The van der Waals surface area contributed by atoms with Crippen LogP contribution in [0.25, 0.3) is 0 Å². The topological polar surface area (TPSA) is 42.0 Å². The van der Waals surface area contributed by atoms with Crippen molar-refractivity contribution in [3.63, 3.8) is 0 Å². The summed E-state index contributed by atoms with van der Waals surface area (Å²) in [5, 5.41) is 0. The van der Waals surface area contributed by atoms with Gasteiger partial charge in [-0.05, 0) is 32.0 Å². The van der Waals surface area contributed by atoms with Crippen molar-refractivity contribution in [2.45, 2.75) is 13.3 Å². The molecular weight excluding hydrogens is 304 g/mol. The maximum Gasteiger partial charge on any atom is 0.260 e. The number of likely N-dealkylation sites (tertiary alicyclic amines) is 2. The maximum absolute atomic E-state index is 12.6. The van der Waals surface area contributed by atoms with Gasteiger partial charge in [0, 0.05) is 44.6 Å². The van der Waals surface area contributed by atoms with Crippen molar-refractivity contribution in [1.29, 1.82) is 0 Å². The molecule has 2 fully saturated rings. The molecule has 2 aliphatic heterocycles. The van der Waals surface area contributed by atoms with Crippen molar-refractivity contribution in [2.24, 2.45) is 11.3 Å². The SMILES string of the molecule is COC[C@H]1CN(C)C[C@@]12CCN(C(=O)COc1ccccc1C)C2. The zero-order valence-electron chi connectivity index (χ0n) is 15.0. The van der Waals surface area contributed by atoms with E-state index in [9.17, 15) is 4.79 Å². The lowest BCUT2D eigenvalue weighted by Crippen LogP contribution is -2.39. The lowest BCUT2D eigenvalue weighted by Gasteiger charge is -2.30. The summed E-state index contributed by atoms with van der Waals surface area (Å²) in [6.07, 6.45) is 1.06. The number of aryl methyl sites for hydroxylation is 1. The van der Waals surface area contributed by atoms with Gasteiger partial charge >= 0.3 is 0 Å². The van der Waals surface area contributed by atoms with E-state index in [2.05, 4.69) is 11.9 Å². The number of hydrogen-bond donors (Lipinski definition) is 0. The van der Waals surface area contributed by atoms with Crippen molar-refractivity contribution < 1.29 is 14.3 Å². The van der Waals surface area contributed by atoms with Crippen molar-refractivity contribution in [3.8, 4) is 5.75 Å². The van der Waals surface area contributed by atoms with Crippen molar-refractivity contribution in [3.05, 3.63) is 29.8 Å². The predicted octanol–water partition coefficient (Wildman–Crippen LogP) is 1.80. The van der Waals surface area contributed by atoms with Gasteiger partial charge in [-0.25, -0.2) is 0 Å². The summed E-state index contributed by atoms with van der Waals surface area (Å²) in [4.78, 5) is 16.9. The quantitative estimate of drug-likeness (QED) is 0.825. The van der Waals surface area contributed by atoms with Crippen LogP contribution in [0.4, 0.5) is 0 Å². The molecule has 0 N–H and O–H groups in total. The van der Waals surface area contributed by atoms with Crippen LogP contribution < -0.4 is 4.74 Å². The Morgan fingerprint density at radius 3 is 2.88 bits per heavy atom. The molecule has 0 unspecified atom stereocenters. The molecule has 0 aromatic heterocycles. The molecule has 0 saturated carbocycles. The minimum Gasteiger partial charge on any atom is -0.484 e. The summed E-state index contributed by atoms with van der Waals surface area (Å²) >= 11 is 0. The number of methoxy groups -OCH3 is 1. The summed E-state index contributed by atoms with van der Waals surface area (Å²) in [6, 6.07) is 7.81. The maximum atomic E-state index is 12.6. The average Bonchev–Trinajstić information content (AvgIpc) is 3.11. The van der Waals surface area contributed by atoms with Crippen LogP contribution in [-0.4, -0.2) is 69.3 Å². The number of hydrogen-bond acceptors (Lipinski definition) is 4. The van der Waals surface area contributed by atoms with Gasteiger partial charge in [0.2, 0.25) is 0 Å². The molecule has 0 aliphatic carbocycles. The first-order valence-electron chi connectivity index (χ1n) is 8.68. The van der Waals surface area contributed by atoms with E-state index in [0.29, 0.717) is 5.92 Å². The molecule has 0 bridgehead atoms. The second-order valence-corrected chi connectivity index (χ2v) is 7.33. The summed E-state index contributed by atoms with van der Waals surface area (Å²) in [6.45, 7) is 6.62. The van der Waals surface area contributed by atoms with Gasteiger partial charge in [0.25, 0.3) is 5.91 Å². The van der Waals surface area contributed by atoms with E-state index in [-0.39, 0.29) is 17.9 Å². The van der Waals surface area contributed by atoms with Crippen molar-refractivity contribution in [2.75, 3.05) is 53.6 Å². The zero-order chi connectivity index (χ0) is 17.2. The number of carbonyl (C=O) groups is 1. The monoisotopic (exact) mass is 332 g/mol. The molecule has 2 saturated heterocycles. The van der Waals surface area contributed by atoms with Gasteiger partial charge in [-0.1, -0.05) is 18.2 Å². The van der Waals surface area contributed by atoms with E-state index in [1.807, 2.05) is 36.1 Å². The Morgan fingerprint density at radius 2 is 2.12 bits per heavy atom. The summed E-state index contributed by atoms with van der Waals surface area (Å²) < 4.78 is 11.2. The molecular formula is C19H28N2O3. The third kappa shape index (κ3) is 3.42. The van der Waals surface area contributed by atoms with E-state index >= 15 is 0 Å². The number of rotatable bonds is 5. The zero-order valence-corrected chi connectivity index (χ0v) is 15.0. The van der Waals surface area contributed by atoms with Gasteiger partial charge in [-0.2, -0.15) is 0 Å². The molecule has 24 heavy (non-hydrogen) atoms. The van der Waals surface area contributed by atoms with Crippen LogP contribution in [0.15, 0.2) is 24.3 Å². The Morgan fingerprint density at radius 1 is 1.33 bits per heavy atom. The number of ether oxygens (including phenoxy) is 2. The van der Waals surface area contributed by atoms with Gasteiger partial charge in [0.15, 0.2) is 6.61 Å². The van der Waals surface area contributed by atoms with E-state index in [0.717, 1.165) is 50.5 Å². The van der Waals surface area contributed by atoms with Crippen LogP contribution in [0.5, 0.6) is 5.75 Å². The molecule has 132 valence electrons. The molecule has 3 rings (SSSR count). The molecule has 0 radical (unpaired) electrons. The first kappa shape index (κ1) is 17.2. The average molecular weight is 332 g/mol. The van der Waals surface area contributed by atoms with E-state index < -0.39 is 0 Å². The Balaban J connectivity index is 1.59. The van der Waals surface area contributed by atoms with Crippen LogP contribution in [-0.2, 0) is 9.53 Å². The van der Waals surface area contributed by atoms with Crippen LogP contribution in [0.1, 0.15) is 12.0 Å². The molecule has 1 spiro atoms. The Kier molecular flexibility index (Phi) is 5.11. The molecule has 5 nitrogen and oxygen atoms in total. The molecule has 1 aromatic carbocycles. The highest BCUT2D eigenvalue weighted by Crippen LogP contribution is 2.43. The predicted molar refractivity (Wildman–Crippen MR) is 93.2 cm³/mol. The second-order valence-electron chi connectivity index (χ2n) is 7.33. The minimum absolute atomic E-state index is 0.0841. The summed E-state index contributed by atoms with van der Waals surface area (Å²) in [7, 11) is 3.92. The lowest BCUT2D eigenvalue weighted by atomic mass is 9.78. The molecule has 2 atom stereocenters. The number of benzene rings is 1. The van der Waals surface area contributed by atoms with Crippen molar-refractivity contribution >= 4 is 5.91 Å². The number of carbonyl (C=O) groups excluding carboxylic acids is 1. The molecule has 5 heteroatoms. The minimum atomic E-state index is 0.0841. The Labute approximate surface area is 144 Å². The van der Waals surface area contributed by atoms with Crippen LogP contribution >= 0.6 is 0 Å². The third-order valence-electron chi connectivity index (χ3n) is 5.53. The Bertz CT molecular complexity index is 592. The molecule has 1 aromatic rings. The lowest BCUT2D eigenvalue weighted by molar-refractivity contribution is -0.132. The highest BCUT2D eigenvalue weighted by Gasteiger charge is 2.50. The van der Waals surface area contributed by atoms with Gasteiger partial charge in [0.1, 0.15) is 5.75 Å². The highest BCUT2D eigenvalue weighted by molar-refractivity contribution is 5.78. The van der Waals surface area contributed by atoms with Crippen LogP contribution in [0.2, 0.25) is 0 Å². The van der Waals surface area contributed by atoms with E-state index in [1.54, 1.807) is 7.11 Å².